The maximum absolute atomic E-state index is 5.57. The Morgan fingerprint density at radius 1 is 1.25 bits per heavy atom. The van der Waals surface area contributed by atoms with Gasteiger partial charge in [0.25, 0.3) is 0 Å². The van der Waals surface area contributed by atoms with E-state index in [2.05, 4.69) is 23.5 Å². The Labute approximate surface area is 119 Å². The molecular formula is C17H21NO2. The Bertz CT molecular complexity index is 570. The summed E-state index contributed by atoms with van der Waals surface area (Å²) in [5, 5.41) is 3.55. The molecule has 3 heteroatoms. The van der Waals surface area contributed by atoms with Crippen LogP contribution in [-0.2, 0) is 6.54 Å². The number of ether oxygens (including phenoxy) is 1. The van der Waals surface area contributed by atoms with Crippen molar-refractivity contribution in [1.29, 1.82) is 0 Å². The van der Waals surface area contributed by atoms with Crippen LogP contribution in [0.15, 0.2) is 40.8 Å². The van der Waals surface area contributed by atoms with Crippen LogP contribution in [0.25, 0.3) is 0 Å². The van der Waals surface area contributed by atoms with Gasteiger partial charge < -0.3 is 14.5 Å². The number of furan rings is 1. The van der Waals surface area contributed by atoms with Crippen molar-refractivity contribution >= 4 is 0 Å². The first kappa shape index (κ1) is 13.3. The fourth-order valence-electron chi connectivity index (χ4n) is 2.78. The summed E-state index contributed by atoms with van der Waals surface area (Å²) in [6, 6.07) is 13.1. The molecule has 1 aromatic heterocycles. The zero-order valence-electron chi connectivity index (χ0n) is 12.1. The second-order valence-corrected chi connectivity index (χ2v) is 5.54. The topological polar surface area (TPSA) is 34.4 Å². The molecule has 2 aromatic rings. The van der Waals surface area contributed by atoms with Crippen LogP contribution in [0.5, 0.6) is 5.75 Å². The summed E-state index contributed by atoms with van der Waals surface area (Å²) in [4.78, 5) is 0. The fraction of sp³-hybridized carbons (Fsp3) is 0.412. The number of aryl methyl sites for hydroxylation is 1. The molecule has 106 valence electrons. The normalized spacial score (nSPS) is 21.5. The van der Waals surface area contributed by atoms with E-state index in [0.29, 0.717) is 12.0 Å². The Hall–Kier alpha value is -1.74. The van der Waals surface area contributed by atoms with Crippen molar-refractivity contribution in [3.63, 3.8) is 0 Å². The molecule has 0 amide bonds. The Kier molecular flexibility index (Phi) is 3.79. The van der Waals surface area contributed by atoms with E-state index in [1.54, 1.807) is 7.11 Å². The fourth-order valence-corrected chi connectivity index (χ4v) is 2.78. The van der Waals surface area contributed by atoms with Crippen LogP contribution in [0, 0.1) is 6.92 Å². The largest absolute Gasteiger partial charge is 0.497 e. The van der Waals surface area contributed by atoms with Crippen LogP contribution in [0.1, 0.15) is 35.8 Å². The highest BCUT2D eigenvalue weighted by molar-refractivity contribution is 5.32. The van der Waals surface area contributed by atoms with Gasteiger partial charge in [-0.15, -0.1) is 0 Å². The summed E-state index contributed by atoms with van der Waals surface area (Å²) in [7, 11) is 1.72. The Morgan fingerprint density at radius 3 is 2.80 bits per heavy atom. The summed E-state index contributed by atoms with van der Waals surface area (Å²) in [5.41, 5.74) is 1.39. The van der Waals surface area contributed by atoms with Gasteiger partial charge >= 0.3 is 0 Å². The lowest BCUT2D eigenvalue weighted by atomic mass is 9.76. The predicted octanol–water partition coefficient (Wildman–Crippen LogP) is 3.63. The molecule has 1 fully saturated rings. The zero-order chi connectivity index (χ0) is 13.9. The number of nitrogens with one attached hydrogen (secondary N) is 1. The molecular weight excluding hydrogens is 250 g/mol. The average molecular weight is 271 g/mol. The first-order chi connectivity index (χ1) is 9.74. The average Bonchev–Trinajstić information content (AvgIpc) is 2.83. The Balaban J connectivity index is 1.48. The van der Waals surface area contributed by atoms with Crippen molar-refractivity contribution < 1.29 is 9.15 Å². The van der Waals surface area contributed by atoms with Crippen LogP contribution in [-0.4, -0.2) is 13.2 Å². The van der Waals surface area contributed by atoms with E-state index in [-0.39, 0.29) is 0 Å². The molecule has 0 aliphatic heterocycles. The standard InChI is InChI=1S/C17H21NO2/c1-12-6-7-17(20-12)11-18-15-8-14(9-15)13-4-3-5-16(10-13)19-2/h3-7,10,14-15,18H,8-9,11H2,1-2H3. The maximum atomic E-state index is 5.57. The molecule has 1 N–H and O–H groups in total. The number of benzene rings is 1. The molecule has 0 saturated heterocycles. The summed E-state index contributed by atoms with van der Waals surface area (Å²) >= 11 is 0. The molecule has 1 aromatic carbocycles. The monoisotopic (exact) mass is 271 g/mol. The van der Waals surface area contributed by atoms with Crippen molar-refractivity contribution in [2.24, 2.45) is 0 Å². The van der Waals surface area contributed by atoms with E-state index in [4.69, 9.17) is 9.15 Å². The quantitative estimate of drug-likeness (QED) is 0.901. The number of hydrogen-bond donors (Lipinski definition) is 1. The second kappa shape index (κ2) is 5.71. The van der Waals surface area contributed by atoms with E-state index < -0.39 is 0 Å². The lowest BCUT2D eigenvalue weighted by molar-refractivity contribution is 0.280. The van der Waals surface area contributed by atoms with Crippen LogP contribution >= 0.6 is 0 Å². The van der Waals surface area contributed by atoms with Gasteiger partial charge in [0.1, 0.15) is 17.3 Å². The molecule has 1 heterocycles. The van der Waals surface area contributed by atoms with Gasteiger partial charge in [-0.25, -0.2) is 0 Å². The Morgan fingerprint density at radius 2 is 2.10 bits per heavy atom. The molecule has 0 unspecified atom stereocenters. The predicted molar refractivity (Wildman–Crippen MR) is 79.0 cm³/mol. The molecule has 20 heavy (non-hydrogen) atoms. The summed E-state index contributed by atoms with van der Waals surface area (Å²) < 4.78 is 10.8. The highest BCUT2D eigenvalue weighted by Gasteiger charge is 2.30. The van der Waals surface area contributed by atoms with Crippen LogP contribution < -0.4 is 10.1 Å². The van der Waals surface area contributed by atoms with E-state index >= 15 is 0 Å². The van der Waals surface area contributed by atoms with Gasteiger partial charge in [0, 0.05) is 6.04 Å². The molecule has 1 saturated carbocycles. The minimum absolute atomic E-state index is 0.594. The molecule has 0 atom stereocenters. The van der Waals surface area contributed by atoms with Crippen molar-refractivity contribution in [3.05, 3.63) is 53.5 Å². The summed E-state index contributed by atoms with van der Waals surface area (Å²) in [6.45, 7) is 2.80. The SMILES string of the molecule is COc1cccc(C2CC(NCc3ccc(C)o3)C2)c1. The van der Waals surface area contributed by atoms with Gasteiger partial charge in [-0.2, -0.15) is 0 Å². The second-order valence-electron chi connectivity index (χ2n) is 5.54. The van der Waals surface area contributed by atoms with Gasteiger partial charge in [-0.1, -0.05) is 12.1 Å². The lowest BCUT2D eigenvalue weighted by Gasteiger charge is -2.36. The van der Waals surface area contributed by atoms with Gasteiger partial charge in [0.05, 0.1) is 13.7 Å². The zero-order valence-corrected chi connectivity index (χ0v) is 12.1. The first-order valence-corrected chi connectivity index (χ1v) is 7.17. The molecule has 3 nitrogen and oxygen atoms in total. The van der Waals surface area contributed by atoms with Gasteiger partial charge in [0.15, 0.2) is 0 Å². The van der Waals surface area contributed by atoms with Crippen molar-refractivity contribution in [2.75, 3.05) is 7.11 Å². The van der Waals surface area contributed by atoms with Crippen LogP contribution in [0.3, 0.4) is 0 Å². The number of rotatable bonds is 5. The van der Waals surface area contributed by atoms with E-state index in [1.807, 2.05) is 25.1 Å². The molecule has 1 aliphatic carbocycles. The van der Waals surface area contributed by atoms with Crippen molar-refractivity contribution in [1.82, 2.24) is 5.32 Å². The van der Waals surface area contributed by atoms with Gasteiger partial charge in [0.2, 0.25) is 0 Å². The summed E-state index contributed by atoms with van der Waals surface area (Å²) in [5.74, 6) is 3.60. The molecule has 0 bridgehead atoms. The van der Waals surface area contributed by atoms with E-state index in [0.717, 1.165) is 23.8 Å². The molecule has 0 spiro atoms. The first-order valence-electron chi connectivity index (χ1n) is 7.17. The van der Waals surface area contributed by atoms with Crippen molar-refractivity contribution in [2.45, 2.75) is 38.3 Å². The van der Waals surface area contributed by atoms with Gasteiger partial charge in [-0.3, -0.25) is 0 Å². The molecule has 3 rings (SSSR count). The third-order valence-corrected chi connectivity index (χ3v) is 4.06. The van der Waals surface area contributed by atoms with Crippen LogP contribution in [0.2, 0.25) is 0 Å². The van der Waals surface area contributed by atoms with Crippen molar-refractivity contribution in [3.8, 4) is 5.75 Å². The van der Waals surface area contributed by atoms with Crippen LogP contribution in [0.4, 0.5) is 0 Å². The third kappa shape index (κ3) is 2.88. The van der Waals surface area contributed by atoms with Gasteiger partial charge in [-0.05, 0) is 55.5 Å². The maximum Gasteiger partial charge on any atom is 0.119 e. The minimum Gasteiger partial charge on any atom is -0.497 e. The summed E-state index contributed by atoms with van der Waals surface area (Å²) in [6.07, 6.45) is 2.37. The molecule has 0 radical (unpaired) electrons. The lowest BCUT2D eigenvalue weighted by Crippen LogP contribution is -2.39. The molecule has 1 aliphatic rings. The number of methoxy groups -OCH3 is 1. The highest BCUT2D eigenvalue weighted by Crippen LogP contribution is 2.38. The van der Waals surface area contributed by atoms with E-state index in [1.165, 1.54) is 18.4 Å². The smallest absolute Gasteiger partial charge is 0.119 e. The minimum atomic E-state index is 0.594. The third-order valence-electron chi connectivity index (χ3n) is 4.06. The van der Waals surface area contributed by atoms with E-state index in [9.17, 15) is 0 Å². The number of hydrogen-bond acceptors (Lipinski definition) is 3. The highest BCUT2D eigenvalue weighted by atomic mass is 16.5.